The Morgan fingerprint density at radius 1 is 0.692 bits per heavy atom. The molecule has 0 spiro atoms. The second-order valence-electron chi connectivity index (χ2n) is 6.97. The molecule has 0 unspecified atom stereocenters. The highest BCUT2D eigenvalue weighted by atomic mass is 32.2. The zero-order valence-corrected chi connectivity index (χ0v) is 16.1. The number of para-hydroxylation sites is 1. The van der Waals surface area contributed by atoms with Gasteiger partial charge < -0.3 is 4.90 Å². The molecule has 0 aromatic heterocycles. The van der Waals surface area contributed by atoms with Crippen LogP contribution < -0.4 is 4.90 Å². The predicted molar refractivity (Wildman–Crippen MR) is 113 cm³/mol. The first-order valence-electron chi connectivity index (χ1n) is 9.32. The molecule has 3 aromatic carbocycles. The van der Waals surface area contributed by atoms with Gasteiger partial charge in [0.15, 0.2) is 0 Å². The van der Waals surface area contributed by atoms with Gasteiger partial charge in [0.2, 0.25) is 0 Å². The number of hydrogen-bond acceptors (Lipinski definition) is 2. The molecule has 4 rings (SSSR count). The van der Waals surface area contributed by atoms with Gasteiger partial charge in [-0.05, 0) is 42.4 Å². The Kier molecular flexibility index (Phi) is 5.03. The number of benzene rings is 3. The highest BCUT2D eigenvalue weighted by Gasteiger charge is 2.37. The van der Waals surface area contributed by atoms with Gasteiger partial charge in [-0.1, -0.05) is 72.8 Å². The minimum absolute atomic E-state index is 0.118. The van der Waals surface area contributed by atoms with E-state index in [2.05, 4.69) is 96.1 Å². The van der Waals surface area contributed by atoms with Gasteiger partial charge in [0.1, 0.15) is 0 Å². The van der Waals surface area contributed by atoms with Crippen LogP contribution in [0.1, 0.15) is 24.0 Å². The van der Waals surface area contributed by atoms with Gasteiger partial charge in [-0.3, -0.25) is 0 Å². The standard InChI is InChI=1S/C24H25NS/c1-26-23-15-9-8-14-22(23)25-18-16-24(17-19-25,20-10-4-2-5-11-20)21-12-6-3-7-13-21/h2-15H,16-19H2,1H3. The van der Waals surface area contributed by atoms with Crippen LogP contribution in [0.2, 0.25) is 0 Å². The first-order chi connectivity index (χ1) is 12.8. The number of hydrogen-bond donors (Lipinski definition) is 0. The molecule has 1 aliphatic heterocycles. The van der Waals surface area contributed by atoms with Crippen LogP contribution in [-0.4, -0.2) is 19.3 Å². The summed E-state index contributed by atoms with van der Waals surface area (Å²) in [5.41, 5.74) is 4.40. The molecule has 0 saturated carbocycles. The van der Waals surface area contributed by atoms with Crippen molar-refractivity contribution in [2.45, 2.75) is 23.2 Å². The fourth-order valence-electron chi connectivity index (χ4n) is 4.28. The lowest BCUT2D eigenvalue weighted by Crippen LogP contribution is -2.43. The van der Waals surface area contributed by atoms with Crippen LogP contribution in [0.4, 0.5) is 5.69 Å². The molecule has 1 aliphatic rings. The summed E-state index contributed by atoms with van der Waals surface area (Å²) in [5.74, 6) is 0. The van der Waals surface area contributed by atoms with Crippen molar-refractivity contribution in [1.82, 2.24) is 0 Å². The second-order valence-corrected chi connectivity index (χ2v) is 7.82. The lowest BCUT2D eigenvalue weighted by atomic mass is 9.68. The number of piperidine rings is 1. The highest BCUT2D eigenvalue weighted by Crippen LogP contribution is 2.43. The third-order valence-corrected chi connectivity index (χ3v) is 6.48. The zero-order chi connectivity index (χ0) is 17.8. The van der Waals surface area contributed by atoms with E-state index in [0.29, 0.717) is 0 Å². The molecular formula is C24H25NS. The van der Waals surface area contributed by atoms with Gasteiger partial charge in [-0.2, -0.15) is 0 Å². The van der Waals surface area contributed by atoms with E-state index in [-0.39, 0.29) is 5.41 Å². The summed E-state index contributed by atoms with van der Waals surface area (Å²) < 4.78 is 0. The molecule has 0 amide bonds. The van der Waals surface area contributed by atoms with Gasteiger partial charge in [0.05, 0.1) is 5.69 Å². The minimum atomic E-state index is 0.118. The molecule has 26 heavy (non-hydrogen) atoms. The van der Waals surface area contributed by atoms with E-state index in [1.807, 2.05) is 11.8 Å². The van der Waals surface area contributed by atoms with E-state index < -0.39 is 0 Å². The van der Waals surface area contributed by atoms with Crippen LogP contribution in [0.5, 0.6) is 0 Å². The molecule has 1 nitrogen and oxygen atoms in total. The van der Waals surface area contributed by atoms with Gasteiger partial charge in [-0.15, -0.1) is 11.8 Å². The summed E-state index contributed by atoms with van der Waals surface area (Å²) in [6.45, 7) is 2.17. The Balaban J connectivity index is 1.67. The van der Waals surface area contributed by atoms with E-state index in [1.165, 1.54) is 21.7 Å². The van der Waals surface area contributed by atoms with Crippen molar-refractivity contribution in [2.75, 3.05) is 24.2 Å². The molecular weight excluding hydrogens is 334 g/mol. The molecule has 0 bridgehead atoms. The van der Waals surface area contributed by atoms with Gasteiger partial charge >= 0.3 is 0 Å². The van der Waals surface area contributed by atoms with Crippen LogP contribution in [0.3, 0.4) is 0 Å². The summed E-state index contributed by atoms with van der Waals surface area (Å²) >= 11 is 1.84. The molecule has 0 N–H and O–H groups in total. The second kappa shape index (κ2) is 7.59. The molecule has 0 radical (unpaired) electrons. The SMILES string of the molecule is CSc1ccccc1N1CCC(c2ccccc2)(c2ccccc2)CC1. The van der Waals surface area contributed by atoms with E-state index >= 15 is 0 Å². The van der Waals surface area contributed by atoms with Crippen molar-refractivity contribution in [3.05, 3.63) is 96.1 Å². The highest BCUT2D eigenvalue weighted by molar-refractivity contribution is 7.98. The smallest absolute Gasteiger partial charge is 0.0504 e. The third-order valence-electron chi connectivity index (χ3n) is 5.70. The van der Waals surface area contributed by atoms with Crippen molar-refractivity contribution < 1.29 is 0 Å². The van der Waals surface area contributed by atoms with Crippen LogP contribution in [0.25, 0.3) is 0 Å². The molecule has 0 aliphatic carbocycles. The molecule has 1 saturated heterocycles. The van der Waals surface area contributed by atoms with Crippen molar-refractivity contribution in [3.63, 3.8) is 0 Å². The molecule has 2 heteroatoms. The van der Waals surface area contributed by atoms with Crippen LogP contribution in [0, 0.1) is 0 Å². The monoisotopic (exact) mass is 359 g/mol. The predicted octanol–water partition coefficient (Wildman–Crippen LogP) is 6.00. The van der Waals surface area contributed by atoms with Crippen LogP contribution in [-0.2, 0) is 5.41 Å². The molecule has 1 fully saturated rings. The van der Waals surface area contributed by atoms with Crippen molar-refractivity contribution in [3.8, 4) is 0 Å². The van der Waals surface area contributed by atoms with Gasteiger partial charge in [-0.25, -0.2) is 0 Å². The number of thioether (sulfide) groups is 1. The number of nitrogens with zero attached hydrogens (tertiary/aromatic N) is 1. The lowest BCUT2D eigenvalue weighted by Gasteiger charge is -2.44. The fraction of sp³-hybridized carbons (Fsp3) is 0.250. The van der Waals surface area contributed by atoms with Crippen molar-refractivity contribution in [2.24, 2.45) is 0 Å². The quantitative estimate of drug-likeness (QED) is 0.526. The minimum Gasteiger partial charge on any atom is -0.371 e. The Morgan fingerprint density at radius 3 is 1.73 bits per heavy atom. The summed E-state index contributed by atoms with van der Waals surface area (Å²) in [6, 6.07) is 30.9. The largest absolute Gasteiger partial charge is 0.371 e. The van der Waals surface area contributed by atoms with E-state index in [0.717, 1.165) is 25.9 Å². The molecule has 0 atom stereocenters. The van der Waals surface area contributed by atoms with Gasteiger partial charge in [0, 0.05) is 23.4 Å². The Bertz CT molecular complexity index is 795. The van der Waals surface area contributed by atoms with Gasteiger partial charge in [0.25, 0.3) is 0 Å². The Labute approximate surface area is 161 Å². The summed E-state index contributed by atoms with van der Waals surface area (Å²) in [7, 11) is 0. The van der Waals surface area contributed by atoms with E-state index in [4.69, 9.17) is 0 Å². The fourth-order valence-corrected chi connectivity index (χ4v) is 4.90. The van der Waals surface area contributed by atoms with E-state index in [1.54, 1.807) is 0 Å². The van der Waals surface area contributed by atoms with Crippen LogP contribution >= 0.6 is 11.8 Å². The first kappa shape index (κ1) is 17.2. The number of anilines is 1. The zero-order valence-electron chi connectivity index (χ0n) is 15.3. The molecule has 1 heterocycles. The van der Waals surface area contributed by atoms with E-state index in [9.17, 15) is 0 Å². The normalized spacial score (nSPS) is 16.4. The molecule has 132 valence electrons. The maximum Gasteiger partial charge on any atom is 0.0504 e. The third kappa shape index (κ3) is 3.14. The maximum atomic E-state index is 2.57. The van der Waals surface area contributed by atoms with Crippen molar-refractivity contribution >= 4 is 17.4 Å². The molecule has 3 aromatic rings. The summed E-state index contributed by atoms with van der Waals surface area (Å²) in [4.78, 5) is 3.94. The summed E-state index contributed by atoms with van der Waals surface area (Å²) in [6.07, 6.45) is 4.45. The Morgan fingerprint density at radius 2 is 1.19 bits per heavy atom. The first-order valence-corrected chi connectivity index (χ1v) is 10.5. The maximum absolute atomic E-state index is 2.57. The average Bonchev–Trinajstić information content (AvgIpc) is 2.75. The Hall–Kier alpha value is -2.19. The number of rotatable bonds is 4. The van der Waals surface area contributed by atoms with Crippen LogP contribution in [0.15, 0.2) is 89.8 Å². The lowest BCUT2D eigenvalue weighted by molar-refractivity contribution is 0.391. The summed E-state index contributed by atoms with van der Waals surface area (Å²) in [5, 5.41) is 0. The topological polar surface area (TPSA) is 3.24 Å². The van der Waals surface area contributed by atoms with Crippen molar-refractivity contribution in [1.29, 1.82) is 0 Å². The average molecular weight is 360 g/mol.